The van der Waals surface area contributed by atoms with Gasteiger partial charge in [0.15, 0.2) is 0 Å². The number of hydrogen-bond acceptors (Lipinski definition) is 5. The molecule has 0 spiro atoms. The molecule has 5 nitrogen and oxygen atoms in total. The highest BCUT2D eigenvalue weighted by Gasteiger charge is 2.06. The molecule has 110 valence electrons. The van der Waals surface area contributed by atoms with E-state index in [2.05, 4.69) is 4.98 Å². The fraction of sp³-hybridized carbons (Fsp3) is 0.250. The fourth-order valence-electron chi connectivity index (χ4n) is 1.62. The summed E-state index contributed by atoms with van der Waals surface area (Å²) in [4.78, 5) is 15.5. The molecule has 1 heterocycles. The Balaban J connectivity index is 1.75. The summed E-state index contributed by atoms with van der Waals surface area (Å²) in [6.45, 7) is 2.90. The first-order valence-electron chi connectivity index (χ1n) is 6.73. The van der Waals surface area contributed by atoms with Gasteiger partial charge < -0.3 is 14.2 Å². The third kappa shape index (κ3) is 4.80. The van der Waals surface area contributed by atoms with Gasteiger partial charge in [0, 0.05) is 12.3 Å². The van der Waals surface area contributed by atoms with Crippen LogP contribution in [0.2, 0.25) is 0 Å². The van der Waals surface area contributed by atoms with E-state index in [-0.39, 0.29) is 5.97 Å². The van der Waals surface area contributed by atoms with Crippen molar-refractivity contribution < 1.29 is 19.0 Å². The molecule has 0 aliphatic rings. The van der Waals surface area contributed by atoms with Crippen LogP contribution in [0.15, 0.2) is 48.7 Å². The Kier molecular flexibility index (Phi) is 5.58. The molecule has 0 atom stereocenters. The van der Waals surface area contributed by atoms with Gasteiger partial charge in [0.2, 0.25) is 5.88 Å². The van der Waals surface area contributed by atoms with Crippen molar-refractivity contribution in [3.63, 3.8) is 0 Å². The zero-order valence-electron chi connectivity index (χ0n) is 11.8. The molecule has 0 bridgehead atoms. The molecule has 0 fully saturated rings. The molecule has 0 amide bonds. The molecule has 0 aliphatic carbocycles. The van der Waals surface area contributed by atoms with Crippen LogP contribution in [0.5, 0.6) is 11.6 Å². The second kappa shape index (κ2) is 7.89. The Morgan fingerprint density at radius 2 is 1.81 bits per heavy atom. The van der Waals surface area contributed by atoms with Crippen molar-refractivity contribution in [3.05, 3.63) is 54.2 Å². The quantitative estimate of drug-likeness (QED) is 0.579. The van der Waals surface area contributed by atoms with Crippen molar-refractivity contribution >= 4 is 5.97 Å². The van der Waals surface area contributed by atoms with E-state index in [0.717, 1.165) is 5.75 Å². The van der Waals surface area contributed by atoms with Gasteiger partial charge in [-0.2, -0.15) is 0 Å². The Morgan fingerprint density at radius 3 is 2.48 bits per heavy atom. The number of pyridine rings is 1. The SMILES string of the molecule is CCOC(=O)c1ccc(OCCOc2ccccc2)nc1. The van der Waals surface area contributed by atoms with E-state index < -0.39 is 0 Å². The zero-order valence-corrected chi connectivity index (χ0v) is 11.8. The average Bonchev–Trinajstić information content (AvgIpc) is 2.53. The number of para-hydroxylation sites is 1. The molecule has 1 aromatic heterocycles. The minimum atomic E-state index is -0.385. The fourth-order valence-corrected chi connectivity index (χ4v) is 1.62. The summed E-state index contributed by atoms with van der Waals surface area (Å²) in [5.41, 5.74) is 0.407. The van der Waals surface area contributed by atoms with Crippen molar-refractivity contribution in [1.82, 2.24) is 4.98 Å². The molecule has 2 rings (SSSR count). The maximum atomic E-state index is 11.5. The highest BCUT2D eigenvalue weighted by Crippen LogP contribution is 2.10. The van der Waals surface area contributed by atoms with Gasteiger partial charge in [0.1, 0.15) is 19.0 Å². The van der Waals surface area contributed by atoms with Gasteiger partial charge in [-0.3, -0.25) is 0 Å². The van der Waals surface area contributed by atoms with Crippen LogP contribution in [0.4, 0.5) is 0 Å². The Labute approximate surface area is 123 Å². The monoisotopic (exact) mass is 287 g/mol. The summed E-state index contributed by atoms with van der Waals surface area (Å²) >= 11 is 0. The van der Waals surface area contributed by atoms with E-state index in [1.165, 1.54) is 6.20 Å². The first-order chi connectivity index (χ1) is 10.3. The zero-order chi connectivity index (χ0) is 14.9. The van der Waals surface area contributed by atoms with Crippen LogP contribution in [0.1, 0.15) is 17.3 Å². The molecule has 5 heteroatoms. The lowest BCUT2D eigenvalue weighted by molar-refractivity contribution is 0.0525. The van der Waals surface area contributed by atoms with Crippen LogP contribution in [-0.2, 0) is 4.74 Å². The smallest absolute Gasteiger partial charge is 0.339 e. The largest absolute Gasteiger partial charge is 0.490 e. The summed E-state index contributed by atoms with van der Waals surface area (Å²) in [5.74, 6) is 0.857. The molecule has 0 saturated carbocycles. The highest BCUT2D eigenvalue weighted by molar-refractivity contribution is 5.89. The van der Waals surface area contributed by atoms with Crippen LogP contribution >= 0.6 is 0 Å². The average molecular weight is 287 g/mol. The summed E-state index contributed by atoms with van der Waals surface area (Å²) in [5, 5.41) is 0. The number of nitrogens with zero attached hydrogens (tertiary/aromatic N) is 1. The number of ether oxygens (including phenoxy) is 3. The van der Waals surface area contributed by atoms with Gasteiger partial charge in [-0.25, -0.2) is 9.78 Å². The first kappa shape index (κ1) is 14.8. The molecule has 1 aromatic carbocycles. The predicted octanol–water partition coefficient (Wildman–Crippen LogP) is 2.72. The van der Waals surface area contributed by atoms with Crippen LogP contribution in [0.25, 0.3) is 0 Å². The summed E-state index contributed by atoms with van der Waals surface area (Å²) in [6.07, 6.45) is 1.44. The minimum Gasteiger partial charge on any atom is -0.490 e. The van der Waals surface area contributed by atoms with Gasteiger partial charge in [-0.1, -0.05) is 18.2 Å². The van der Waals surface area contributed by atoms with Crippen LogP contribution in [0.3, 0.4) is 0 Å². The number of carbonyl (C=O) groups excluding carboxylic acids is 1. The van der Waals surface area contributed by atoms with Crippen molar-refractivity contribution in [2.75, 3.05) is 19.8 Å². The second-order valence-corrected chi connectivity index (χ2v) is 4.12. The van der Waals surface area contributed by atoms with Gasteiger partial charge in [0.05, 0.1) is 12.2 Å². The molecule has 0 unspecified atom stereocenters. The van der Waals surface area contributed by atoms with E-state index in [1.807, 2.05) is 30.3 Å². The van der Waals surface area contributed by atoms with Crippen molar-refractivity contribution in [2.24, 2.45) is 0 Å². The number of carbonyl (C=O) groups is 1. The maximum Gasteiger partial charge on any atom is 0.339 e. The number of rotatable bonds is 7. The standard InChI is InChI=1S/C16H17NO4/c1-2-19-16(18)13-8-9-15(17-12-13)21-11-10-20-14-6-4-3-5-7-14/h3-9,12H,2,10-11H2,1H3. The van der Waals surface area contributed by atoms with Gasteiger partial charge in [0.25, 0.3) is 0 Å². The van der Waals surface area contributed by atoms with Gasteiger partial charge >= 0.3 is 5.97 Å². The predicted molar refractivity (Wildman–Crippen MR) is 77.6 cm³/mol. The van der Waals surface area contributed by atoms with Crippen molar-refractivity contribution in [1.29, 1.82) is 0 Å². The van der Waals surface area contributed by atoms with E-state index in [0.29, 0.717) is 31.3 Å². The number of hydrogen-bond donors (Lipinski definition) is 0. The van der Waals surface area contributed by atoms with Crippen molar-refractivity contribution in [2.45, 2.75) is 6.92 Å². The molecule has 2 aromatic rings. The van der Waals surface area contributed by atoms with Crippen molar-refractivity contribution in [3.8, 4) is 11.6 Å². The molecule has 0 radical (unpaired) electrons. The third-order valence-electron chi connectivity index (χ3n) is 2.59. The van der Waals surface area contributed by atoms with E-state index in [1.54, 1.807) is 19.1 Å². The summed E-state index contributed by atoms with van der Waals surface area (Å²) in [7, 11) is 0. The lowest BCUT2D eigenvalue weighted by Crippen LogP contribution is -2.10. The number of esters is 1. The summed E-state index contributed by atoms with van der Waals surface area (Å²) < 4.78 is 15.8. The van der Waals surface area contributed by atoms with Crippen LogP contribution in [0, 0.1) is 0 Å². The third-order valence-corrected chi connectivity index (χ3v) is 2.59. The normalized spacial score (nSPS) is 9.95. The Hall–Kier alpha value is -2.56. The molecule has 0 aliphatic heterocycles. The molecular weight excluding hydrogens is 270 g/mol. The Morgan fingerprint density at radius 1 is 1.05 bits per heavy atom. The number of benzene rings is 1. The van der Waals surface area contributed by atoms with Crippen LogP contribution in [-0.4, -0.2) is 30.8 Å². The number of aromatic nitrogens is 1. The second-order valence-electron chi connectivity index (χ2n) is 4.12. The van der Waals surface area contributed by atoms with Gasteiger partial charge in [-0.05, 0) is 25.1 Å². The van der Waals surface area contributed by atoms with E-state index >= 15 is 0 Å². The van der Waals surface area contributed by atoms with E-state index in [4.69, 9.17) is 14.2 Å². The lowest BCUT2D eigenvalue weighted by atomic mass is 10.3. The first-order valence-corrected chi connectivity index (χ1v) is 6.73. The topological polar surface area (TPSA) is 57.7 Å². The van der Waals surface area contributed by atoms with Crippen LogP contribution < -0.4 is 9.47 Å². The van der Waals surface area contributed by atoms with Gasteiger partial charge in [-0.15, -0.1) is 0 Å². The molecular formula is C16H17NO4. The summed E-state index contributed by atoms with van der Waals surface area (Å²) in [6, 6.07) is 12.8. The van der Waals surface area contributed by atoms with E-state index in [9.17, 15) is 4.79 Å². The molecule has 0 N–H and O–H groups in total. The maximum absolute atomic E-state index is 11.5. The lowest BCUT2D eigenvalue weighted by Gasteiger charge is -2.08. The highest BCUT2D eigenvalue weighted by atomic mass is 16.5. The minimum absolute atomic E-state index is 0.341. The molecule has 0 saturated heterocycles. The Bertz CT molecular complexity index is 554. The molecule has 21 heavy (non-hydrogen) atoms.